The topological polar surface area (TPSA) is 46.8 Å². The lowest BCUT2D eigenvalue weighted by molar-refractivity contribution is 0.296. The minimum Gasteiger partial charge on any atom is -0.494 e. The van der Waals surface area contributed by atoms with E-state index < -0.39 is 0 Å². The third kappa shape index (κ3) is 1.66. The number of hydrogen-bond acceptors (Lipinski definition) is 3. The summed E-state index contributed by atoms with van der Waals surface area (Å²) >= 11 is 6.00. The summed E-state index contributed by atoms with van der Waals surface area (Å²) in [5.74, 6) is 1.41. The van der Waals surface area contributed by atoms with E-state index >= 15 is 0 Å². The zero-order valence-corrected chi connectivity index (χ0v) is 9.03. The van der Waals surface area contributed by atoms with Crippen LogP contribution in [0.15, 0.2) is 18.3 Å². The number of fused-ring (bicyclic) bond motifs is 1. The molecule has 0 aromatic carbocycles. The summed E-state index contributed by atoms with van der Waals surface area (Å²) in [6.45, 7) is 0.0483. The molecule has 2 aromatic rings. The molecule has 0 radical (unpaired) electrons. The van der Waals surface area contributed by atoms with Crippen molar-refractivity contribution in [3.63, 3.8) is 0 Å². The predicted octanol–water partition coefficient (Wildman–Crippen LogP) is 1.53. The molecule has 0 bridgehead atoms. The lowest BCUT2D eigenvalue weighted by Crippen LogP contribution is -1.98. The Morgan fingerprint density at radius 3 is 3.07 bits per heavy atom. The zero-order chi connectivity index (χ0) is 10.8. The fourth-order valence-corrected chi connectivity index (χ4v) is 1.85. The molecule has 0 fully saturated rings. The molecule has 0 atom stereocenters. The van der Waals surface area contributed by atoms with E-state index in [-0.39, 0.29) is 6.61 Å². The summed E-state index contributed by atoms with van der Waals surface area (Å²) in [6, 6.07) is 3.68. The minimum absolute atomic E-state index is 0.0483. The number of methoxy groups -OCH3 is 1. The van der Waals surface area contributed by atoms with E-state index in [1.165, 1.54) is 0 Å². The molecule has 2 rings (SSSR count). The average Bonchev–Trinajstić information content (AvgIpc) is 2.57. The smallest absolute Gasteiger partial charge is 0.158 e. The lowest BCUT2D eigenvalue weighted by atomic mass is 10.3. The molecule has 4 nitrogen and oxygen atoms in total. The molecule has 1 N–H and O–H groups in total. The van der Waals surface area contributed by atoms with Crippen molar-refractivity contribution in [2.75, 3.05) is 13.7 Å². The van der Waals surface area contributed by atoms with Crippen LogP contribution >= 0.6 is 11.6 Å². The van der Waals surface area contributed by atoms with Crippen LogP contribution in [0.3, 0.4) is 0 Å². The fourth-order valence-electron chi connectivity index (χ4n) is 1.57. The quantitative estimate of drug-likeness (QED) is 0.864. The van der Waals surface area contributed by atoms with E-state index in [1.54, 1.807) is 7.11 Å². The maximum Gasteiger partial charge on any atom is 0.158 e. The van der Waals surface area contributed by atoms with Gasteiger partial charge >= 0.3 is 0 Å². The summed E-state index contributed by atoms with van der Waals surface area (Å²) in [7, 11) is 1.59. The number of aromatic nitrogens is 2. The van der Waals surface area contributed by atoms with E-state index in [0.717, 1.165) is 11.3 Å². The Morgan fingerprint density at radius 1 is 1.60 bits per heavy atom. The summed E-state index contributed by atoms with van der Waals surface area (Å²) in [5, 5.41) is 9.29. The largest absolute Gasteiger partial charge is 0.494 e. The number of aliphatic hydroxyl groups excluding tert-OH is 1. The van der Waals surface area contributed by atoms with Gasteiger partial charge in [0.1, 0.15) is 17.1 Å². The first-order valence-electron chi connectivity index (χ1n) is 4.58. The summed E-state index contributed by atoms with van der Waals surface area (Å²) in [4.78, 5) is 4.18. The van der Waals surface area contributed by atoms with Crippen LogP contribution < -0.4 is 4.74 Å². The summed E-state index contributed by atoms with van der Waals surface area (Å²) in [5.41, 5.74) is 0.741. The molecule has 15 heavy (non-hydrogen) atoms. The van der Waals surface area contributed by atoms with Crippen LogP contribution in [0, 0.1) is 0 Å². The molecule has 0 unspecified atom stereocenters. The van der Waals surface area contributed by atoms with Crippen LogP contribution in [-0.4, -0.2) is 28.2 Å². The maximum absolute atomic E-state index is 8.89. The van der Waals surface area contributed by atoms with Crippen LogP contribution in [-0.2, 0) is 6.42 Å². The molecule has 0 saturated carbocycles. The number of pyridine rings is 1. The number of ether oxygens (including phenoxy) is 1. The molecule has 0 amide bonds. The highest BCUT2D eigenvalue weighted by atomic mass is 35.5. The highest BCUT2D eigenvalue weighted by molar-refractivity contribution is 6.33. The van der Waals surface area contributed by atoms with Crippen LogP contribution in [0.4, 0.5) is 0 Å². The van der Waals surface area contributed by atoms with Gasteiger partial charge < -0.3 is 9.84 Å². The normalized spacial score (nSPS) is 10.9. The molecular formula is C10H11ClN2O2. The third-order valence-corrected chi connectivity index (χ3v) is 2.48. The van der Waals surface area contributed by atoms with Crippen molar-refractivity contribution >= 4 is 17.1 Å². The Labute approximate surface area is 92.1 Å². The number of rotatable bonds is 3. The van der Waals surface area contributed by atoms with E-state index in [9.17, 15) is 0 Å². The second kappa shape index (κ2) is 4.08. The molecule has 0 aliphatic carbocycles. The molecule has 2 heterocycles. The Bertz CT molecular complexity index is 481. The number of nitrogens with zero attached hydrogens (tertiary/aromatic N) is 2. The van der Waals surface area contributed by atoms with E-state index in [0.29, 0.717) is 17.3 Å². The van der Waals surface area contributed by atoms with E-state index in [1.807, 2.05) is 22.7 Å². The van der Waals surface area contributed by atoms with Gasteiger partial charge in [-0.25, -0.2) is 4.98 Å². The number of halogens is 1. The van der Waals surface area contributed by atoms with Gasteiger partial charge in [0.15, 0.2) is 5.15 Å². The van der Waals surface area contributed by atoms with Crippen molar-refractivity contribution in [1.29, 1.82) is 0 Å². The summed E-state index contributed by atoms with van der Waals surface area (Å²) in [6.07, 6.45) is 2.32. The van der Waals surface area contributed by atoms with Crippen molar-refractivity contribution in [2.45, 2.75) is 6.42 Å². The Morgan fingerprint density at radius 2 is 2.40 bits per heavy atom. The van der Waals surface area contributed by atoms with Gasteiger partial charge in [0.05, 0.1) is 13.7 Å². The van der Waals surface area contributed by atoms with Crippen LogP contribution in [0.2, 0.25) is 5.15 Å². The highest BCUT2D eigenvalue weighted by Crippen LogP contribution is 2.27. The molecule has 0 spiro atoms. The van der Waals surface area contributed by atoms with Crippen LogP contribution in [0.25, 0.3) is 5.52 Å². The monoisotopic (exact) mass is 226 g/mol. The first-order chi connectivity index (χ1) is 7.27. The molecule has 0 aliphatic heterocycles. The van der Waals surface area contributed by atoms with Gasteiger partial charge in [-0.3, -0.25) is 4.40 Å². The summed E-state index contributed by atoms with van der Waals surface area (Å²) < 4.78 is 7.02. The van der Waals surface area contributed by atoms with Gasteiger partial charge in [-0.1, -0.05) is 11.6 Å². The van der Waals surface area contributed by atoms with Gasteiger partial charge in [-0.15, -0.1) is 0 Å². The van der Waals surface area contributed by atoms with Gasteiger partial charge in [-0.05, 0) is 12.1 Å². The predicted molar refractivity (Wildman–Crippen MR) is 57.5 cm³/mol. The van der Waals surface area contributed by atoms with Crippen LogP contribution in [0.5, 0.6) is 5.75 Å². The Balaban J connectivity index is 2.68. The van der Waals surface area contributed by atoms with Crippen molar-refractivity contribution in [3.8, 4) is 5.75 Å². The standard InChI is InChI=1S/C10H11ClN2O2/c1-15-7-3-2-5-13-8(4-6-14)12-10(11)9(7)13/h2-3,5,14H,4,6H2,1H3. The zero-order valence-electron chi connectivity index (χ0n) is 8.27. The van der Waals surface area contributed by atoms with Gasteiger partial charge in [0, 0.05) is 12.6 Å². The van der Waals surface area contributed by atoms with Crippen molar-refractivity contribution in [2.24, 2.45) is 0 Å². The van der Waals surface area contributed by atoms with Crippen molar-refractivity contribution < 1.29 is 9.84 Å². The van der Waals surface area contributed by atoms with Crippen molar-refractivity contribution in [3.05, 3.63) is 29.3 Å². The fraction of sp³-hybridized carbons (Fsp3) is 0.300. The molecule has 0 aliphatic rings. The number of imidazole rings is 1. The third-order valence-electron chi connectivity index (χ3n) is 2.21. The van der Waals surface area contributed by atoms with Gasteiger partial charge in [0.2, 0.25) is 0 Å². The number of aliphatic hydroxyl groups is 1. The van der Waals surface area contributed by atoms with Gasteiger partial charge in [0.25, 0.3) is 0 Å². The molecule has 2 aromatic heterocycles. The van der Waals surface area contributed by atoms with E-state index in [2.05, 4.69) is 4.98 Å². The highest BCUT2D eigenvalue weighted by Gasteiger charge is 2.12. The maximum atomic E-state index is 8.89. The first-order valence-corrected chi connectivity index (χ1v) is 4.96. The minimum atomic E-state index is 0.0483. The molecule has 5 heteroatoms. The SMILES string of the molecule is COc1cccn2c(CCO)nc(Cl)c12. The Hall–Kier alpha value is -1.26. The van der Waals surface area contributed by atoms with E-state index in [4.69, 9.17) is 21.4 Å². The number of hydrogen-bond donors (Lipinski definition) is 1. The second-order valence-corrected chi connectivity index (χ2v) is 3.45. The lowest BCUT2D eigenvalue weighted by Gasteiger charge is -2.03. The average molecular weight is 227 g/mol. The second-order valence-electron chi connectivity index (χ2n) is 3.09. The van der Waals surface area contributed by atoms with Gasteiger partial charge in [-0.2, -0.15) is 0 Å². The molecular weight excluding hydrogens is 216 g/mol. The molecule has 0 saturated heterocycles. The van der Waals surface area contributed by atoms with Crippen molar-refractivity contribution in [1.82, 2.24) is 9.38 Å². The first kappa shape index (κ1) is 10.3. The molecule has 80 valence electrons. The van der Waals surface area contributed by atoms with Crippen LogP contribution in [0.1, 0.15) is 5.82 Å². The Kier molecular flexibility index (Phi) is 2.79.